The molecule has 6 heteroatoms. The van der Waals surface area contributed by atoms with Crippen molar-refractivity contribution in [1.29, 1.82) is 5.26 Å². The summed E-state index contributed by atoms with van der Waals surface area (Å²) in [6.07, 6.45) is 1.96. The van der Waals surface area contributed by atoms with Gasteiger partial charge in [-0.25, -0.2) is 4.98 Å². The smallest absolute Gasteiger partial charge is 0.254 e. The zero-order chi connectivity index (χ0) is 15.4. The van der Waals surface area contributed by atoms with E-state index in [0.717, 1.165) is 23.6 Å². The number of aromatic nitrogens is 4. The molecular formula is C16H16N6. The van der Waals surface area contributed by atoms with Gasteiger partial charge >= 0.3 is 0 Å². The van der Waals surface area contributed by atoms with Crippen molar-refractivity contribution in [3.05, 3.63) is 42.7 Å². The summed E-state index contributed by atoms with van der Waals surface area (Å²) in [6.45, 7) is 3.50. The predicted molar refractivity (Wildman–Crippen MR) is 84.3 cm³/mol. The molecule has 1 aromatic carbocycles. The molecule has 2 aromatic heterocycles. The van der Waals surface area contributed by atoms with Crippen LogP contribution in [-0.2, 0) is 0 Å². The van der Waals surface area contributed by atoms with Crippen LogP contribution in [0.15, 0.2) is 42.7 Å². The van der Waals surface area contributed by atoms with Gasteiger partial charge in [-0.05, 0) is 6.92 Å². The molecule has 6 nitrogen and oxygen atoms in total. The summed E-state index contributed by atoms with van der Waals surface area (Å²) in [7, 11) is 0. The molecule has 2 heterocycles. The molecule has 0 bridgehead atoms. The minimum absolute atomic E-state index is 0.465. The summed E-state index contributed by atoms with van der Waals surface area (Å²) < 4.78 is 1.72. The Morgan fingerprint density at radius 1 is 1.27 bits per heavy atom. The van der Waals surface area contributed by atoms with Gasteiger partial charge in [0.25, 0.3) is 5.78 Å². The van der Waals surface area contributed by atoms with E-state index in [9.17, 15) is 0 Å². The standard InChI is InChI=1S/C16H16N6/c1-2-21(10-6-9-17)15-11-14(13-7-4-3-5-8-13)20-16-18-12-19-22(15)16/h3-5,7-8,11-12H,2,6,10H2,1H3. The maximum absolute atomic E-state index is 8.84. The fourth-order valence-corrected chi connectivity index (χ4v) is 2.40. The molecule has 0 atom stereocenters. The highest BCUT2D eigenvalue weighted by molar-refractivity contribution is 5.65. The van der Waals surface area contributed by atoms with E-state index in [1.807, 2.05) is 36.4 Å². The topological polar surface area (TPSA) is 70.1 Å². The Bertz CT molecular complexity index is 802. The third-order valence-corrected chi connectivity index (χ3v) is 3.50. The lowest BCUT2D eigenvalue weighted by molar-refractivity contribution is 0.776. The Morgan fingerprint density at radius 3 is 2.82 bits per heavy atom. The van der Waals surface area contributed by atoms with Gasteiger partial charge in [0.15, 0.2) is 0 Å². The summed E-state index contributed by atoms with van der Waals surface area (Å²) in [5.41, 5.74) is 1.89. The first kappa shape index (κ1) is 14.0. The van der Waals surface area contributed by atoms with Crippen molar-refractivity contribution in [2.24, 2.45) is 0 Å². The predicted octanol–water partition coefficient (Wildman–Crippen LogP) is 2.53. The van der Waals surface area contributed by atoms with Crippen LogP contribution in [0.4, 0.5) is 5.82 Å². The second-order valence-corrected chi connectivity index (χ2v) is 4.83. The maximum Gasteiger partial charge on any atom is 0.254 e. The molecule has 0 saturated heterocycles. The average Bonchev–Trinajstić information content (AvgIpc) is 3.04. The van der Waals surface area contributed by atoms with Crippen LogP contribution in [0.3, 0.4) is 0 Å². The van der Waals surface area contributed by atoms with E-state index in [4.69, 9.17) is 5.26 Å². The number of hydrogen-bond donors (Lipinski definition) is 0. The third kappa shape index (κ3) is 2.61. The van der Waals surface area contributed by atoms with Crippen molar-refractivity contribution in [3.8, 4) is 17.3 Å². The van der Waals surface area contributed by atoms with E-state index < -0.39 is 0 Å². The summed E-state index contributed by atoms with van der Waals surface area (Å²) >= 11 is 0. The van der Waals surface area contributed by atoms with Crippen molar-refractivity contribution in [1.82, 2.24) is 19.6 Å². The number of nitriles is 1. The Morgan fingerprint density at radius 2 is 2.09 bits per heavy atom. The molecule has 0 saturated carbocycles. The molecule has 0 fully saturated rings. The number of hydrogen-bond acceptors (Lipinski definition) is 5. The summed E-state index contributed by atoms with van der Waals surface area (Å²) in [4.78, 5) is 10.9. The van der Waals surface area contributed by atoms with E-state index in [1.54, 1.807) is 4.52 Å². The van der Waals surface area contributed by atoms with Gasteiger partial charge in [0, 0.05) is 24.7 Å². The van der Waals surface area contributed by atoms with E-state index in [-0.39, 0.29) is 0 Å². The van der Waals surface area contributed by atoms with Gasteiger partial charge in [0.1, 0.15) is 12.1 Å². The third-order valence-electron chi connectivity index (χ3n) is 3.50. The fourth-order valence-electron chi connectivity index (χ4n) is 2.40. The van der Waals surface area contributed by atoms with Crippen LogP contribution >= 0.6 is 0 Å². The lowest BCUT2D eigenvalue weighted by atomic mass is 10.1. The highest BCUT2D eigenvalue weighted by atomic mass is 15.4. The second-order valence-electron chi connectivity index (χ2n) is 4.83. The SMILES string of the molecule is CCN(CCC#N)c1cc(-c2ccccc2)nc2ncnn12. The van der Waals surface area contributed by atoms with Crippen molar-refractivity contribution in [3.63, 3.8) is 0 Å². The molecule has 22 heavy (non-hydrogen) atoms. The van der Waals surface area contributed by atoms with Crippen LogP contribution in [0.5, 0.6) is 0 Å². The van der Waals surface area contributed by atoms with Crippen LogP contribution in [0, 0.1) is 11.3 Å². The molecule has 0 radical (unpaired) electrons. The summed E-state index contributed by atoms with van der Waals surface area (Å²) in [5.74, 6) is 1.46. The van der Waals surface area contributed by atoms with Crippen molar-refractivity contribution in [2.75, 3.05) is 18.0 Å². The van der Waals surface area contributed by atoms with Gasteiger partial charge in [-0.1, -0.05) is 30.3 Å². The zero-order valence-electron chi connectivity index (χ0n) is 12.3. The van der Waals surface area contributed by atoms with Crippen molar-refractivity contribution >= 4 is 11.6 Å². The van der Waals surface area contributed by atoms with Crippen molar-refractivity contribution < 1.29 is 0 Å². The largest absolute Gasteiger partial charge is 0.356 e. The summed E-state index contributed by atoms with van der Waals surface area (Å²) in [6, 6.07) is 14.2. The number of fused-ring (bicyclic) bond motifs is 1. The molecule has 3 aromatic rings. The van der Waals surface area contributed by atoms with E-state index in [0.29, 0.717) is 18.7 Å². The molecule has 0 aliphatic carbocycles. The summed E-state index contributed by atoms with van der Waals surface area (Å²) in [5, 5.41) is 13.1. The van der Waals surface area contributed by atoms with Gasteiger partial charge in [-0.3, -0.25) is 0 Å². The van der Waals surface area contributed by atoms with E-state index in [2.05, 4.69) is 33.0 Å². The molecular weight excluding hydrogens is 276 g/mol. The van der Waals surface area contributed by atoms with E-state index >= 15 is 0 Å². The second kappa shape index (κ2) is 6.22. The molecule has 0 spiro atoms. The number of nitrogens with zero attached hydrogens (tertiary/aromatic N) is 6. The minimum atomic E-state index is 0.465. The van der Waals surface area contributed by atoms with Crippen molar-refractivity contribution in [2.45, 2.75) is 13.3 Å². The molecule has 0 aliphatic rings. The first-order chi connectivity index (χ1) is 10.8. The van der Waals surface area contributed by atoms with Gasteiger partial charge in [-0.15, -0.1) is 0 Å². The maximum atomic E-state index is 8.84. The Labute approximate surface area is 128 Å². The lowest BCUT2D eigenvalue weighted by Crippen LogP contribution is -2.26. The fraction of sp³-hybridized carbons (Fsp3) is 0.250. The number of rotatable bonds is 5. The molecule has 3 rings (SSSR count). The lowest BCUT2D eigenvalue weighted by Gasteiger charge is -2.22. The Hall–Kier alpha value is -2.94. The Kier molecular flexibility index (Phi) is 3.97. The molecule has 110 valence electrons. The molecule has 0 unspecified atom stereocenters. The number of anilines is 1. The monoisotopic (exact) mass is 292 g/mol. The minimum Gasteiger partial charge on any atom is -0.356 e. The average molecular weight is 292 g/mol. The van der Waals surface area contributed by atoms with Gasteiger partial charge in [-0.2, -0.15) is 19.9 Å². The first-order valence-electron chi connectivity index (χ1n) is 7.21. The van der Waals surface area contributed by atoms with Crippen LogP contribution < -0.4 is 4.90 Å². The van der Waals surface area contributed by atoms with Gasteiger partial charge in [0.05, 0.1) is 18.2 Å². The molecule has 0 aliphatic heterocycles. The number of benzene rings is 1. The highest BCUT2D eigenvalue weighted by Crippen LogP contribution is 2.23. The van der Waals surface area contributed by atoms with Gasteiger partial charge < -0.3 is 4.90 Å². The van der Waals surface area contributed by atoms with Crippen LogP contribution in [0.25, 0.3) is 17.0 Å². The molecule has 0 amide bonds. The van der Waals surface area contributed by atoms with Crippen LogP contribution in [0.2, 0.25) is 0 Å². The first-order valence-corrected chi connectivity index (χ1v) is 7.21. The van der Waals surface area contributed by atoms with E-state index in [1.165, 1.54) is 6.33 Å². The quantitative estimate of drug-likeness (QED) is 0.722. The Balaban J connectivity index is 2.12. The van der Waals surface area contributed by atoms with Crippen LogP contribution in [-0.4, -0.2) is 32.7 Å². The molecule has 0 N–H and O–H groups in total. The normalized spacial score (nSPS) is 10.5. The zero-order valence-corrected chi connectivity index (χ0v) is 12.3. The van der Waals surface area contributed by atoms with Crippen LogP contribution in [0.1, 0.15) is 13.3 Å². The highest BCUT2D eigenvalue weighted by Gasteiger charge is 2.13. The van der Waals surface area contributed by atoms with Gasteiger partial charge in [0.2, 0.25) is 0 Å².